The minimum absolute atomic E-state index is 0.184. The van der Waals surface area contributed by atoms with Gasteiger partial charge in [-0.25, -0.2) is 15.0 Å². The molecule has 1 aromatic carbocycles. The topological polar surface area (TPSA) is 87.3 Å². The van der Waals surface area contributed by atoms with E-state index in [0.29, 0.717) is 39.9 Å². The molecule has 1 atom stereocenters. The van der Waals surface area contributed by atoms with Gasteiger partial charge in [0.2, 0.25) is 0 Å². The zero-order valence-corrected chi connectivity index (χ0v) is 17.7. The summed E-state index contributed by atoms with van der Waals surface area (Å²) in [7, 11) is 0. The van der Waals surface area contributed by atoms with E-state index in [0.717, 1.165) is 42.4 Å². The molecule has 7 nitrogen and oxygen atoms in total. The number of benzene rings is 1. The molecule has 2 fully saturated rings. The molecule has 2 aliphatic rings. The lowest BCUT2D eigenvalue weighted by Crippen LogP contribution is -2.34. The van der Waals surface area contributed by atoms with Gasteiger partial charge in [-0.05, 0) is 56.5 Å². The number of aromatic hydroxyl groups is 1. The molecule has 3 aromatic heterocycles. The minimum Gasteiger partial charge on any atom is -0.507 e. The van der Waals surface area contributed by atoms with Crippen LogP contribution in [0.3, 0.4) is 0 Å². The Hall–Kier alpha value is -3.19. The van der Waals surface area contributed by atoms with Gasteiger partial charge in [-0.15, -0.1) is 0 Å². The standard InChI is InChI=1S/C24H25N5O2/c1-13-23-21(31-14(2)25-23)11-17(24(13)30)18-5-6-20-19(27-18)7-8-22(28-20)29-10-9-16(12-29)26-15-3-4-15/h5-8,11,15-16,26,30H,3-4,9-10,12H2,1-2H3/t16-/m1/s1. The molecule has 1 aliphatic carbocycles. The second-order valence-electron chi connectivity index (χ2n) is 8.75. The molecule has 158 valence electrons. The number of nitrogens with one attached hydrogen (secondary N) is 1. The van der Waals surface area contributed by atoms with Crippen molar-refractivity contribution in [1.29, 1.82) is 0 Å². The van der Waals surface area contributed by atoms with Gasteiger partial charge in [0, 0.05) is 43.2 Å². The molecule has 2 N–H and O–H groups in total. The number of phenolic OH excluding ortho intramolecular Hbond substituents is 1. The number of nitrogens with zero attached hydrogens (tertiary/aromatic N) is 4. The zero-order valence-electron chi connectivity index (χ0n) is 17.7. The number of aromatic nitrogens is 3. The first-order valence-corrected chi connectivity index (χ1v) is 10.9. The molecule has 4 aromatic rings. The van der Waals surface area contributed by atoms with Gasteiger partial charge in [-0.2, -0.15) is 0 Å². The third kappa shape index (κ3) is 3.29. The molecule has 0 amide bonds. The van der Waals surface area contributed by atoms with E-state index in [2.05, 4.69) is 15.2 Å². The molecule has 0 bridgehead atoms. The molecule has 0 radical (unpaired) electrons. The minimum atomic E-state index is 0.184. The van der Waals surface area contributed by atoms with Gasteiger partial charge < -0.3 is 19.7 Å². The highest BCUT2D eigenvalue weighted by atomic mass is 16.3. The van der Waals surface area contributed by atoms with Crippen LogP contribution >= 0.6 is 0 Å². The van der Waals surface area contributed by atoms with Crippen molar-refractivity contribution in [1.82, 2.24) is 20.3 Å². The van der Waals surface area contributed by atoms with Crippen LogP contribution in [0.15, 0.2) is 34.7 Å². The smallest absolute Gasteiger partial charge is 0.192 e. The number of aryl methyl sites for hydroxylation is 2. The van der Waals surface area contributed by atoms with E-state index in [1.807, 2.05) is 37.3 Å². The van der Waals surface area contributed by atoms with Crippen molar-refractivity contribution >= 4 is 28.0 Å². The molecule has 4 heterocycles. The van der Waals surface area contributed by atoms with E-state index in [4.69, 9.17) is 14.4 Å². The number of pyridine rings is 2. The van der Waals surface area contributed by atoms with Crippen LogP contribution in [-0.4, -0.2) is 45.2 Å². The third-order valence-corrected chi connectivity index (χ3v) is 6.37. The number of fused-ring (bicyclic) bond motifs is 2. The Labute approximate surface area is 180 Å². The molecule has 1 aliphatic heterocycles. The summed E-state index contributed by atoms with van der Waals surface area (Å²) in [6.45, 7) is 5.68. The monoisotopic (exact) mass is 415 g/mol. The van der Waals surface area contributed by atoms with Crippen molar-refractivity contribution in [2.75, 3.05) is 18.0 Å². The Morgan fingerprint density at radius 3 is 2.65 bits per heavy atom. The fraction of sp³-hybridized carbons (Fsp3) is 0.375. The molecule has 31 heavy (non-hydrogen) atoms. The van der Waals surface area contributed by atoms with Gasteiger partial charge in [0.1, 0.15) is 17.1 Å². The first-order valence-electron chi connectivity index (χ1n) is 10.9. The molecule has 7 heteroatoms. The van der Waals surface area contributed by atoms with Crippen LogP contribution in [0.5, 0.6) is 5.75 Å². The molecular formula is C24H25N5O2. The average Bonchev–Trinajstić information content (AvgIpc) is 3.32. The Morgan fingerprint density at radius 2 is 1.81 bits per heavy atom. The summed E-state index contributed by atoms with van der Waals surface area (Å²) in [5, 5.41) is 14.5. The summed E-state index contributed by atoms with van der Waals surface area (Å²) >= 11 is 0. The summed E-state index contributed by atoms with van der Waals surface area (Å²) in [5.74, 6) is 1.76. The maximum atomic E-state index is 10.8. The maximum Gasteiger partial charge on any atom is 0.192 e. The highest BCUT2D eigenvalue weighted by Crippen LogP contribution is 2.37. The normalized spacial score (nSPS) is 19.0. The van der Waals surface area contributed by atoms with Crippen molar-refractivity contribution < 1.29 is 9.52 Å². The van der Waals surface area contributed by atoms with E-state index in [9.17, 15) is 5.11 Å². The van der Waals surface area contributed by atoms with E-state index < -0.39 is 0 Å². The first kappa shape index (κ1) is 18.6. The maximum absolute atomic E-state index is 10.8. The lowest BCUT2D eigenvalue weighted by atomic mass is 10.0. The molecule has 1 saturated carbocycles. The van der Waals surface area contributed by atoms with Crippen molar-refractivity contribution in [3.05, 3.63) is 41.8 Å². The van der Waals surface area contributed by atoms with Crippen molar-refractivity contribution in [2.24, 2.45) is 0 Å². The first-order chi connectivity index (χ1) is 15.0. The van der Waals surface area contributed by atoms with Crippen LogP contribution in [0.25, 0.3) is 33.4 Å². The Bertz CT molecular complexity index is 1310. The molecule has 6 rings (SSSR count). The average molecular weight is 415 g/mol. The van der Waals surface area contributed by atoms with Gasteiger partial charge in [0.15, 0.2) is 11.5 Å². The molecule has 0 spiro atoms. The second kappa shape index (κ2) is 6.92. The van der Waals surface area contributed by atoms with Gasteiger partial charge in [-0.3, -0.25) is 0 Å². The molecular weight excluding hydrogens is 390 g/mol. The Morgan fingerprint density at radius 1 is 1.00 bits per heavy atom. The van der Waals surface area contributed by atoms with Crippen LogP contribution in [0.2, 0.25) is 0 Å². The number of rotatable bonds is 4. The van der Waals surface area contributed by atoms with Crippen molar-refractivity contribution in [3.8, 4) is 17.0 Å². The lowest BCUT2D eigenvalue weighted by molar-refractivity contribution is 0.473. The predicted molar refractivity (Wildman–Crippen MR) is 120 cm³/mol. The second-order valence-corrected chi connectivity index (χ2v) is 8.75. The van der Waals surface area contributed by atoms with Crippen LogP contribution in [0, 0.1) is 13.8 Å². The Balaban J connectivity index is 1.32. The van der Waals surface area contributed by atoms with Gasteiger partial charge in [0.25, 0.3) is 0 Å². The van der Waals surface area contributed by atoms with E-state index in [-0.39, 0.29) is 5.75 Å². The van der Waals surface area contributed by atoms with E-state index >= 15 is 0 Å². The van der Waals surface area contributed by atoms with Gasteiger partial charge in [0.05, 0.1) is 16.7 Å². The zero-order chi connectivity index (χ0) is 21.1. The summed E-state index contributed by atoms with van der Waals surface area (Å²) < 4.78 is 5.69. The number of oxazole rings is 1. The predicted octanol–water partition coefficient (Wildman–Crippen LogP) is 4.09. The van der Waals surface area contributed by atoms with Gasteiger partial charge >= 0.3 is 0 Å². The van der Waals surface area contributed by atoms with Crippen LogP contribution < -0.4 is 10.2 Å². The Kier molecular flexibility index (Phi) is 4.14. The summed E-state index contributed by atoms with van der Waals surface area (Å²) in [6.07, 6.45) is 3.79. The summed E-state index contributed by atoms with van der Waals surface area (Å²) in [5.41, 5.74) is 5.02. The number of hydrogen-bond donors (Lipinski definition) is 2. The number of hydrogen-bond acceptors (Lipinski definition) is 7. The number of phenols is 1. The fourth-order valence-corrected chi connectivity index (χ4v) is 4.53. The quantitative estimate of drug-likeness (QED) is 0.519. The van der Waals surface area contributed by atoms with Crippen molar-refractivity contribution in [2.45, 2.75) is 45.2 Å². The highest BCUT2D eigenvalue weighted by Gasteiger charge is 2.29. The van der Waals surface area contributed by atoms with Crippen molar-refractivity contribution in [3.63, 3.8) is 0 Å². The number of anilines is 1. The highest BCUT2D eigenvalue weighted by molar-refractivity contribution is 5.89. The third-order valence-electron chi connectivity index (χ3n) is 6.37. The molecule has 0 unspecified atom stereocenters. The van der Waals surface area contributed by atoms with E-state index in [1.54, 1.807) is 6.92 Å². The van der Waals surface area contributed by atoms with Gasteiger partial charge in [-0.1, -0.05) is 0 Å². The molecule has 1 saturated heterocycles. The lowest BCUT2D eigenvalue weighted by Gasteiger charge is -2.18. The van der Waals surface area contributed by atoms with Crippen LogP contribution in [0.1, 0.15) is 30.7 Å². The van der Waals surface area contributed by atoms with E-state index in [1.165, 1.54) is 12.8 Å². The largest absolute Gasteiger partial charge is 0.507 e. The SMILES string of the molecule is Cc1nc2c(C)c(O)c(-c3ccc4nc(N5CC[C@@H](NC6CC6)C5)ccc4n3)cc2o1. The summed E-state index contributed by atoms with van der Waals surface area (Å²) in [6, 6.07) is 11.1. The van der Waals surface area contributed by atoms with Crippen LogP contribution in [-0.2, 0) is 0 Å². The fourth-order valence-electron chi connectivity index (χ4n) is 4.53. The van der Waals surface area contributed by atoms with Crippen LogP contribution in [0.4, 0.5) is 5.82 Å². The summed E-state index contributed by atoms with van der Waals surface area (Å²) in [4.78, 5) is 16.3.